The molecule has 98 valence electrons. The topological polar surface area (TPSA) is 54.9 Å². The number of thioether (sulfide) groups is 1. The second-order valence-electron chi connectivity index (χ2n) is 4.03. The average Bonchev–Trinajstić information content (AvgIpc) is 2.46. The Hall–Kier alpha value is -1.88. The fourth-order valence-corrected chi connectivity index (χ4v) is 2.10. The number of benzene rings is 1. The number of carbonyl (C=O) groups excluding carboxylic acids is 1. The van der Waals surface area contributed by atoms with Crippen LogP contribution in [0.25, 0.3) is 0 Å². The van der Waals surface area contributed by atoms with Crippen LogP contribution >= 0.6 is 11.8 Å². The SMILES string of the molecule is CSc1cccc(NC(=O)CCc2cncnc2)c1. The maximum Gasteiger partial charge on any atom is 0.224 e. The molecule has 1 aromatic carbocycles. The normalized spacial score (nSPS) is 10.2. The molecule has 2 rings (SSSR count). The summed E-state index contributed by atoms with van der Waals surface area (Å²) in [4.78, 5) is 20.8. The van der Waals surface area contributed by atoms with Crippen molar-refractivity contribution < 1.29 is 4.79 Å². The Morgan fingerprint density at radius 1 is 1.32 bits per heavy atom. The summed E-state index contributed by atoms with van der Waals surface area (Å²) in [5.74, 6) is 0.00195. The summed E-state index contributed by atoms with van der Waals surface area (Å²) in [6, 6.07) is 7.81. The van der Waals surface area contributed by atoms with Gasteiger partial charge in [0.25, 0.3) is 0 Å². The predicted molar refractivity (Wildman–Crippen MR) is 77.2 cm³/mol. The molecular formula is C14H15N3OS. The van der Waals surface area contributed by atoms with Crippen LogP contribution in [-0.2, 0) is 11.2 Å². The van der Waals surface area contributed by atoms with Gasteiger partial charge in [-0.3, -0.25) is 4.79 Å². The molecule has 0 bridgehead atoms. The molecule has 1 heterocycles. The van der Waals surface area contributed by atoms with E-state index in [-0.39, 0.29) is 5.91 Å². The third-order valence-corrected chi connectivity index (χ3v) is 3.33. The number of aryl methyl sites for hydroxylation is 1. The highest BCUT2D eigenvalue weighted by Crippen LogP contribution is 2.19. The highest BCUT2D eigenvalue weighted by molar-refractivity contribution is 7.98. The van der Waals surface area contributed by atoms with Crippen molar-refractivity contribution >= 4 is 23.4 Å². The van der Waals surface area contributed by atoms with E-state index in [9.17, 15) is 4.79 Å². The number of hydrogen-bond acceptors (Lipinski definition) is 4. The second-order valence-corrected chi connectivity index (χ2v) is 4.91. The number of aromatic nitrogens is 2. The quantitative estimate of drug-likeness (QED) is 0.851. The summed E-state index contributed by atoms with van der Waals surface area (Å²) in [6.07, 6.45) is 8.03. The summed E-state index contributed by atoms with van der Waals surface area (Å²) in [6.45, 7) is 0. The minimum Gasteiger partial charge on any atom is -0.326 e. The third kappa shape index (κ3) is 4.37. The highest BCUT2D eigenvalue weighted by atomic mass is 32.2. The molecule has 1 aromatic heterocycles. The number of nitrogens with zero attached hydrogens (tertiary/aromatic N) is 2. The van der Waals surface area contributed by atoms with Crippen molar-refractivity contribution in [2.24, 2.45) is 0 Å². The van der Waals surface area contributed by atoms with Gasteiger partial charge in [-0.2, -0.15) is 0 Å². The van der Waals surface area contributed by atoms with E-state index < -0.39 is 0 Å². The van der Waals surface area contributed by atoms with Gasteiger partial charge in [0, 0.05) is 29.4 Å². The Balaban J connectivity index is 1.87. The van der Waals surface area contributed by atoms with Gasteiger partial charge in [0.1, 0.15) is 6.33 Å². The zero-order valence-electron chi connectivity index (χ0n) is 10.7. The van der Waals surface area contributed by atoms with Gasteiger partial charge in [-0.25, -0.2) is 9.97 Å². The number of amides is 1. The van der Waals surface area contributed by atoms with E-state index in [1.54, 1.807) is 24.2 Å². The summed E-state index contributed by atoms with van der Waals surface area (Å²) in [5, 5.41) is 2.89. The highest BCUT2D eigenvalue weighted by Gasteiger charge is 2.04. The van der Waals surface area contributed by atoms with E-state index in [2.05, 4.69) is 15.3 Å². The first-order valence-corrected chi connectivity index (χ1v) is 7.18. The molecule has 2 aromatic rings. The van der Waals surface area contributed by atoms with Crippen molar-refractivity contribution in [1.82, 2.24) is 9.97 Å². The van der Waals surface area contributed by atoms with Crippen LogP contribution < -0.4 is 5.32 Å². The molecule has 5 heteroatoms. The molecule has 0 atom stereocenters. The van der Waals surface area contributed by atoms with Gasteiger partial charge < -0.3 is 5.32 Å². The van der Waals surface area contributed by atoms with Gasteiger partial charge in [0.2, 0.25) is 5.91 Å². The lowest BCUT2D eigenvalue weighted by Crippen LogP contribution is -2.12. The Morgan fingerprint density at radius 2 is 2.11 bits per heavy atom. The smallest absolute Gasteiger partial charge is 0.224 e. The number of carbonyl (C=O) groups is 1. The molecule has 19 heavy (non-hydrogen) atoms. The zero-order chi connectivity index (χ0) is 13.5. The second kappa shape index (κ2) is 6.89. The van der Waals surface area contributed by atoms with E-state index in [1.165, 1.54) is 6.33 Å². The van der Waals surface area contributed by atoms with Crippen LogP contribution in [0.1, 0.15) is 12.0 Å². The van der Waals surface area contributed by atoms with Crippen molar-refractivity contribution in [3.05, 3.63) is 48.5 Å². The lowest BCUT2D eigenvalue weighted by Gasteiger charge is -2.06. The van der Waals surface area contributed by atoms with E-state index in [1.807, 2.05) is 30.5 Å². The molecule has 4 nitrogen and oxygen atoms in total. The van der Waals surface area contributed by atoms with Crippen LogP contribution in [0.15, 0.2) is 47.9 Å². The maximum absolute atomic E-state index is 11.8. The van der Waals surface area contributed by atoms with E-state index in [4.69, 9.17) is 0 Å². The minimum atomic E-state index is 0.00195. The van der Waals surface area contributed by atoms with Gasteiger partial charge in [0.15, 0.2) is 0 Å². The maximum atomic E-state index is 11.8. The molecule has 0 radical (unpaired) electrons. The minimum absolute atomic E-state index is 0.00195. The van der Waals surface area contributed by atoms with Crippen LogP contribution in [0.4, 0.5) is 5.69 Å². The Bertz CT molecular complexity index is 545. The van der Waals surface area contributed by atoms with Crippen molar-refractivity contribution in [2.45, 2.75) is 17.7 Å². The molecule has 0 saturated carbocycles. The molecule has 0 saturated heterocycles. The molecule has 0 aliphatic heterocycles. The largest absolute Gasteiger partial charge is 0.326 e. The monoisotopic (exact) mass is 273 g/mol. The molecular weight excluding hydrogens is 258 g/mol. The molecule has 0 spiro atoms. The summed E-state index contributed by atoms with van der Waals surface area (Å²) in [5.41, 5.74) is 1.80. The first-order chi connectivity index (χ1) is 9.28. The van der Waals surface area contributed by atoms with Crippen LogP contribution in [-0.4, -0.2) is 22.1 Å². The van der Waals surface area contributed by atoms with Crippen molar-refractivity contribution in [3.8, 4) is 0 Å². The van der Waals surface area contributed by atoms with Crippen LogP contribution in [0.2, 0.25) is 0 Å². The Morgan fingerprint density at radius 3 is 2.84 bits per heavy atom. The lowest BCUT2D eigenvalue weighted by atomic mass is 10.2. The zero-order valence-corrected chi connectivity index (χ0v) is 11.5. The van der Waals surface area contributed by atoms with Gasteiger partial charge in [-0.1, -0.05) is 6.07 Å². The van der Waals surface area contributed by atoms with Gasteiger partial charge in [0.05, 0.1) is 0 Å². The van der Waals surface area contributed by atoms with E-state index in [0.717, 1.165) is 16.1 Å². The predicted octanol–water partition coefficient (Wildman–Crippen LogP) is 2.77. The molecule has 0 aliphatic rings. The first kappa shape index (κ1) is 13.5. The van der Waals surface area contributed by atoms with Gasteiger partial charge >= 0.3 is 0 Å². The van der Waals surface area contributed by atoms with E-state index >= 15 is 0 Å². The standard InChI is InChI=1S/C14H15N3OS/c1-19-13-4-2-3-12(7-13)17-14(18)6-5-11-8-15-10-16-9-11/h2-4,7-10H,5-6H2,1H3,(H,17,18). The number of hydrogen-bond donors (Lipinski definition) is 1. The van der Waals surface area contributed by atoms with Gasteiger partial charge in [-0.15, -0.1) is 11.8 Å². The number of rotatable bonds is 5. The summed E-state index contributed by atoms with van der Waals surface area (Å²) >= 11 is 1.65. The third-order valence-electron chi connectivity index (χ3n) is 2.61. The molecule has 0 aliphatic carbocycles. The Kier molecular flexibility index (Phi) is 4.92. The van der Waals surface area contributed by atoms with Crippen LogP contribution in [0.5, 0.6) is 0 Å². The Labute approximate surface area is 116 Å². The van der Waals surface area contributed by atoms with Gasteiger partial charge in [-0.05, 0) is 36.4 Å². The van der Waals surface area contributed by atoms with Crippen LogP contribution in [0, 0.1) is 0 Å². The summed E-state index contributed by atoms with van der Waals surface area (Å²) in [7, 11) is 0. The number of anilines is 1. The van der Waals surface area contributed by atoms with Crippen molar-refractivity contribution in [3.63, 3.8) is 0 Å². The van der Waals surface area contributed by atoms with E-state index in [0.29, 0.717) is 12.8 Å². The molecule has 0 unspecified atom stereocenters. The van der Waals surface area contributed by atoms with Crippen LogP contribution in [0.3, 0.4) is 0 Å². The molecule has 1 amide bonds. The van der Waals surface area contributed by atoms with Crippen molar-refractivity contribution in [1.29, 1.82) is 0 Å². The number of nitrogens with one attached hydrogen (secondary N) is 1. The molecule has 0 fully saturated rings. The lowest BCUT2D eigenvalue weighted by molar-refractivity contribution is -0.116. The average molecular weight is 273 g/mol. The fraction of sp³-hybridized carbons (Fsp3) is 0.214. The summed E-state index contributed by atoms with van der Waals surface area (Å²) < 4.78 is 0. The van der Waals surface area contributed by atoms with Crippen molar-refractivity contribution in [2.75, 3.05) is 11.6 Å². The molecule has 1 N–H and O–H groups in total. The first-order valence-electron chi connectivity index (χ1n) is 5.96. The fourth-order valence-electron chi connectivity index (χ4n) is 1.64.